The van der Waals surface area contributed by atoms with Crippen LogP contribution in [0.3, 0.4) is 0 Å². The number of hydrogen-bond acceptors (Lipinski definition) is 4. The number of methoxy groups -OCH3 is 1. The van der Waals surface area contributed by atoms with Gasteiger partial charge in [0.2, 0.25) is 0 Å². The molecule has 2 rings (SSSR count). The Hall–Kier alpha value is -1.23. The molecule has 2 aromatic rings. The summed E-state index contributed by atoms with van der Waals surface area (Å²) in [4.78, 5) is 5.99. The number of aromatic nitrogens is 1. The maximum Gasteiger partial charge on any atom is 0.0976 e. The SMILES string of the molecule is CCNCc1sc(Cc2ccccc2)nc1COC. The first-order chi connectivity index (χ1) is 9.33. The third-order valence-electron chi connectivity index (χ3n) is 2.84. The lowest BCUT2D eigenvalue weighted by Gasteiger charge is -2.00. The second kappa shape index (κ2) is 7.38. The summed E-state index contributed by atoms with van der Waals surface area (Å²) in [7, 11) is 1.72. The molecule has 1 aromatic heterocycles. The molecule has 0 fully saturated rings. The lowest BCUT2D eigenvalue weighted by atomic mass is 10.2. The van der Waals surface area contributed by atoms with Gasteiger partial charge in [-0.25, -0.2) is 4.98 Å². The first-order valence-electron chi connectivity index (χ1n) is 6.54. The van der Waals surface area contributed by atoms with Gasteiger partial charge in [0.25, 0.3) is 0 Å². The zero-order valence-electron chi connectivity index (χ0n) is 11.5. The topological polar surface area (TPSA) is 34.2 Å². The second-order valence-corrected chi connectivity index (χ2v) is 5.52. The van der Waals surface area contributed by atoms with E-state index < -0.39 is 0 Å². The van der Waals surface area contributed by atoms with E-state index in [1.807, 2.05) is 6.07 Å². The van der Waals surface area contributed by atoms with Gasteiger partial charge in [-0.2, -0.15) is 0 Å². The van der Waals surface area contributed by atoms with Gasteiger partial charge >= 0.3 is 0 Å². The van der Waals surface area contributed by atoms with Crippen molar-refractivity contribution in [3.8, 4) is 0 Å². The van der Waals surface area contributed by atoms with Crippen molar-refractivity contribution in [1.82, 2.24) is 10.3 Å². The van der Waals surface area contributed by atoms with E-state index >= 15 is 0 Å². The summed E-state index contributed by atoms with van der Waals surface area (Å²) in [6.07, 6.45) is 0.897. The predicted molar refractivity (Wildman–Crippen MR) is 79.5 cm³/mol. The highest BCUT2D eigenvalue weighted by atomic mass is 32.1. The van der Waals surface area contributed by atoms with Crippen LogP contribution in [0.2, 0.25) is 0 Å². The summed E-state index contributed by atoms with van der Waals surface area (Å²) in [5.41, 5.74) is 2.37. The molecule has 0 spiro atoms. The molecule has 1 N–H and O–H groups in total. The van der Waals surface area contributed by atoms with Crippen molar-refractivity contribution in [2.75, 3.05) is 13.7 Å². The van der Waals surface area contributed by atoms with Gasteiger partial charge in [0.05, 0.1) is 17.3 Å². The molecule has 1 aromatic carbocycles. The van der Waals surface area contributed by atoms with E-state index in [4.69, 9.17) is 9.72 Å². The number of nitrogens with zero attached hydrogens (tertiary/aromatic N) is 1. The summed E-state index contributed by atoms with van der Waals surface area (Å²) in [5.74, 6) is 0. The molecule has 0 aliphatic rings. The molecule has 0 aliphatic carbocycles. The minimum atomic E-state index is 0.589. The van der Waals surface area contributed by atoms with Crippen molar-refractivity contribution in [2.45, 2.75) is 26.5 Å². The summed E-state index contributed by atoms with van der Waals surface area (Å²) in [6.45, 7) is 4.55. The van der Waals surface area contributed by atoms with E-state index in [2.05, 4.69) is 36.5 Å². The summed E-state index contributed by atoms with van der Waals surface area (Å²) in [6, 6.07) is 10.5. The second-order valence-electron chi connectivity index (χ2n) is 4.35. The average Bonchev–Trinajstić information content (AvgIpc) is 2.80. The summed E-state index contributed by atoms with van der Waals surface area (Å²) < 4.78 is 5.23. The van der Waals surface area contributed by atoms with Gasteiger partial charge in [-0.05, 0) is 12.1 Å². The third kappa shape index (κ3) is 4.13. The van der Waals surface area contributed by atoms with Crippen LogP contribution in [0.5, 0.6) is 0 Å². The number of ether oxygens (including phenoxy) is 1. The van der Waals surface area contributed by atoms with Gasteiger partial charge < -0.3 is 10.1 Å². The monoisotopic (exact) mass is 276 g/mol. The molecule has 0 bridgehead atoms. The Labute approximate surface area is 118 Å². The zero-order valence-corrected chi connectivity index (χ0v) is 12.3. The molecule has 1 heterocycles. The molecule has 19 heavy (non-hydrogen) atoms. The van der Waals surface area contributed by atoms with E-state index in [1.165, 1.54) is 10.4 Å². The molecule has 3 nitrogen and oxygen atoms in total. The molecular formula is C15H20N2OS. The van der Waals surface area contributed by atoms with E-state index in [0.29, 0.717) is 6.61 Å². The maximum atomic E-state index is 5.23. The van der Waals surface area contributed by atoms with Crippen LogP contribution in [0.25, 0.3) is 0 Å². The van der Waals surface area contributed by atoms with Crippen molar-refractivity contribution in [1.29, 1.82) is 0 Å². The number of rotatable bonds is 7. The predicted octanol–water partition coefficient (Wildman–Crippen LogP) is 2.99. The quantitative estimate of drug-likeness (QED) is 0.844. The lowest BCUT2D eigenvalue weighted by molar-refractivity contribution is 0.181. The Morgan fingerprint density at radius 3 is 2.74 bits per heavy atom. The Kier molecular flexibility index (Phi) is 5.51. The first kappa shape index (κ1) is 14.2. The van der Waals surface area contributed by atoms with Gasteiger partial charge in [-0.1, -0.05) is 37.3 Å². The van der Waals surface area contributed by atoms with E-state index in [-0.39, 0.29) is 0 Å². The summed E-state index contributed by atoms with van der Waals surface area (Å²) >= 11 is 1.78. The fraction of sp³-hybridized carbons (Fsp3) is 0.400. The minimum absolute atomic E-state index is 0.589. The van der Waals surface area contributed by atoms with Crippen LogP contribution in [-0.2, 0) is 24.3 Å². The number of nitrogens with one attached hydrogen (secondary N) is 1. The first-order valence-corrected chi connectivity index (χ1v) is 7.36. The molecule has 102 valence electrons. The molecule has 0 saturated carbocycles. The Morgan fingerprint density at radius 2 is 2.05 bits per heavy atom. The maximum absolute atomic E-state index is 5.23. The molecule has 0 saturated heterocycles. The molecule has 4 heteroatoms. The van der Waals surface area contributed by atoms with Crippen LogP contribution in [0.15, 0.2) is 30.3 Å². The molecule has 0 radical (unpaired) electrons. The summed E-state index contributed by atoms with van der Waals surface area (Å²) in [5, 5.41) is 4.51. The third-order valence-corrected chi connectivity index (χ3v) is 3.93. The number of benzene rings is 1. The molecule has 0 aliphatic heterocycles. The Bertz CT molecular complexity index is 496. The fourth-order valence-electron chi connectivity index (χ4n) is 1.91. The van der Waals surface area contributed by atoms with Gasteiger partial charge in [0, 0.05) is 25.0 Å². The Morgan fingerprint density at radius 1 is 1.26 bits per heavy atom. The van der Waals surface area contributed by atoms with Crippen molar-refractivity contribution in [3.63, 3.8) is 0 Å². The highest BCUT2D eigenvalue weighted by Crippen LogP contribution is 2.22. The van der Waals surface area contributed by atoms with Crippen LogP contribution in [0.1, 0.15) is 28.1 Å². The highest BCUT2D eigenvalue weighted by Gasteiger charge is 2.11. The molecule has 0 atom stereocenters. The molecular weight excluding hydrogens is 256 g/mol. The van der Waals surface area contributed by atoms with E-state index in [9.17, 15) is 0 Å². The normalized spacial score (nSPS) is 10.8. The number of thiazole rings is 1. The smallest absolute Gasteiger partial charge is 0.0976 e. The highest BCUT2D eigenvalue weighted by molar-refractivity contribution is 7.11. The average molecular weight is 276 g/mol. The van der Waals surface area contributed by atoms with Crippen LogP contribution in [-0.4, -0.2) is 18.6 Å². The van der Waals surface area contributed by atoms with Gasteiger partial charge in [0.15, 0.2) is 0 Å². The van der Waals surface area contributed by atoms with Gasteiger partial charge in [-0.3, -0.25) is 0 Å². The van der Waals surface area contributed by atoms with Gasteiger partial charge in [-0.15, -0.1) is 11.3 Å². The van der Waals surface area contributed by atoms with Crippen molar-refractivity contribution in [2.24, 2.45) is 0 Å². The van der Waals surface area contributed by atoms with Crippen LogP contribution < -0.4 is 5.32 Å². The van der Waals surface area contributed by atoms with E-state index in [1.54, 1.807) is 18.4 Å². The van der Waals surface area contributed by atoms with Crippen molar-refractivity contribution in [3.05, 3.63) is 51.5 Å². The van der Waals surface area contributed by atoms with Crippen LogP contribution >= 0.6 is 11.3 Å². The largest absolute Gasteiger partial charge is 0.378 e. The number of hydrogen-bond donors (Lipinski definition) is 1. The van der Waals surface area contributed by atoms with Crippen LogP contribution in [0.4, 0.5) is 0 Å². The lowest BCUT2D eigenvalue weighted by Crippen LogP contribution is -2.12. The van der Waals surface area contributed by atoms with Crippen molar-refractivity contribution >= 4 is 11.3 Å². The molecule has 0 amide bonds. The standard InChI is InChI=1S/C15H20N2OS/c1-3-16-10-14-13(11-18-2)17-15(19-14)9-12-7-5-4-6-8-12/h4-8,16H,3,9-11H2,1-2H3. The Balaban J connectivity index is 2.12. The molecule has 0 unspecified atom stereocenters. The fourth-order valence-corrected chi connectivity index (χ4v) is 2.98. The van der Waals surface area contributed by atoms with Crippen LogP contribution in [0, 0.1) is 0 Å². The van der Waals surface area contributed by atoms with Gasteiger partial charge in [0.1, 0.15) is 0 Å². The van der Waals surface area contributed by atoms with E-state index in [0.717, 1.165) is 30.2 Å². The zero-order chi connectivity index (χ0) is 13.5. The van der Waals surface area contributed by atoms with Crippen molar-refractivity contribution < 1.29 is 4.74 Å². The minimum Gasteiger partial charge on any atom is -0.378 e.